The Morgan fingerprint density at radius 2 is 2.29 bits per heavy atom. The van der Waals surface area contributed by atoms with Crippen LogP contribution in [0.15, 0.2) is 6.33 Å². The molecule has 0 bridgehead atoms. The Labute approximate surface area is 98.8 Å². The second kappa shape index (κ2) is 5.97. The highest BCUT2D eigenvalue weighted by atomic mass is 16.4. The van der Waals surface area contributed by atoms with Crippen LogP contribution < -0.4 is 5.32 Å². The molecule has 0 fully saturated rings. The van der Waals surface area contributed by atoms with Crippen LogP contribution >= 0.6 is 0 Å². The fraction of sp³-hybridized carbons (Fsp3) is 0.600. The molecular formula is C10H16N4O3. The number of aromatic nitrogens is 3. The van der Waals surface area contributed by atoms with Gasteiger partial charge in [-0.05, 0) is 6.42 Å². The van der Waals surface area contributed by atoms with Crippen molar-refractivity contribution in [2.75, 3.05) is 0 Å². The Balaban J connectivity index is 2.74. The van der Waals surface area contributed by atoms with Gasteiger partial charge in [0, 0.05) is 19.9 Å². The van der Waals surface area contributed by atoms with Crippen LogP contribution in [0.25, 0.3) is 0 Å². The van der Waals surface area contributed by atoms with Gasteiger partial charge >= 0.3 is 5.97 Å². The highest BCUT2D eigenvalue weighted by Crippen LogP contribution is 2.01. The van der Waals surface area contributed by atoms with Crippen LogP contribution in [-0.4, -0.2) is 37.8 Å². The molecule has 1 amide bonds. The summed E-state index contributed by atoms with van der Waals surface area (Å²) in [5.41, 5.74) is 0. The van der Waals surface area contributed by atoms with Crippen LogP contribution in [0.4, 0.5) is 0 Å². The van der Waals surface area contributed by atoms with Crippen LogP contribution in [0, 0.1) is 0 Å². The molecule has 0 aliphatic carbocycles. The molecule has 7 heteroatoms. The van der Waals surface area contributed by atoms with E-state index in [1.807, 2.05) is 6.92 Å². The average molecular weight is 240 g/mol. The molecule has 0 radical (unpaired) electrons. The second-order valence-electron chi connectivity index (χ2n) is 3.69. The molecule has 0 aliphatic heterocycles. The topological polar surface area (TPSA) is 97.1 Å². The van der Waals surface area contributed by atoms with Crippen molar-refractivity contribution in [1.29, 1.82) is 0 Å². The van der Waals surface area contributed by atoms with E-state index in [2.05, 4.69) is 15.4 Å². The first-order valence-electron chi connectivity index (χ1n) is 5.41. The maximum absolute atomic E-state index is 11.0. The zero-order chi connectivity index (χ0) is 12.8. The minimum Gasteiger partial charge on any atom is -0.480 e. The van der Waals surface area contributed by atoms with E-state index in [1.54, 1.807) is 4.68 Å². The number of rotatable bonds is 6. The first-order valence-corrected chi connectivity index (χ1v) is 5.41. The normalized spacial score (nSPS) is 12.1. The van der Waals surface area contributed by atoms with Crippen LogP contribution in [-0.2, 0) is 22.6 Å². The SMILES string of the molecule is CCCn1ncnc1CC(NC(C)=O)C(=O)O. The summed E-state index contributed by atoms with van der Waals surface area (Å²) in [5.74, 6) is -0.891. The summed E-state index contributed by atoms with van der Waals surface area (Å²) in [6, 6.07) is -0.965. The van der Waals surface area contributed by atoms with Crippen molar-refractivity contribution in [1.82, 2.24) is 20.1 Å². The molecule has 94 valence electrons. The van der Waals surface area contributed by atoms with Crippen LogP contribution in [0.5, 0.6) is 0 Å². The Bertz CT molecular complexity index is 402. The molecule has 1 unspecified atom stereocenters. The number of aliphatic carboxylic acids is 1. The number of hydrogen-bond donors (Lipinski definition) is 2. The van der Waals surface area contributed by atoms with Gasteiger partial charge in [0.1, 0.15) is 18.2 Å². The highest BCUT2D eigenvalue weighted by Gasteiger charge is 2.21. The number of nitrogens with one attached hydrogen (secondary N) is 1. The lowest BCUT2D eigenvalue weighted by molar-refractivity contribution is -0.141. The summed E-state index contributed by atoms with van der Waals surface area (Å²) in [6.07, 6.45) is 2.40. The Hall–Kier alpha value is -1.92. The summed E-state index contributed by atoms with van der Waals surface area (Å²) in [5, 5.41) is 15.3. The number of hydrogen-bond acceptors (Lipinski definition) is 4. The molecule has 17 heavy (non-hydrogen) atoms. The molecule has 1 atom stereocenters. The third-order valence-corrected chi connectivity index (χ3v) is 2.19. The Morgan fingerprint density at radius 3 is 2.82 bits per heavy atom. The quantitative estimate of drug-likeness (QED) is 0.719. The first-order chi connectivity index (χ1) is 8.04. The zero-order valence-corrected chi connectivity index (χ0v) is 9.88. The molecular weight excluding hydrogens is 224 g/mol. The van der Waals surface area contributed by atoms with Crippen molar-refractivity contribution in [3.8, 4) is 0 Å². The van der Waals surface area contributed by atoms with Gasteiger partial charge in [-0.25, -0.2) is 9.78 Å². The van der Waals surface area contributed by atoms with Gasteiger partial charge in [-0.2, -0.15) is 5.10 Å². The van der Waals surface area contributed by atoms with Gasteiger partial charge in [0.25, 0.3) is 0 Å². The summed E-state index contributed by atoms with van der Waals surface area (Å²) >= 11 is 0. The molecule has 0 spiro atoms. The third kappa shape index (κ3) is 3.86. The van der Waals surface area contributed by atoms with E-state index in [9.17, 15) is 9.59 Å². The van der Waals surface area contributed by atoms with Crippen molar-refractivity contribution in [2.24, 2.45) is 0 Å². The number of nitrogens with zero attached hydrogens (tertiary/aromatic N) is 3. The van der Waals surface area contributed by atoms with Gasteiger partial charge in [-0.1, -0.05) is 6.92 Å². The Morgan fingerprint density at radius 1 is 1.59 bits per heavy atom. The predicted octanol–water partition coefficient (Wildman–Crippen LogP) is -0.180. The second-order valence-corrected chi connectivity index (χ2v) is 3.69. The van der Waals surface area contributed by atoms with E-state index < -0.39 is 12.0 Å². The summed E-state index contributed by atoms with van der Waals surface area (Å²) in [6.45, 7) is 3.96. The zero-order valence-electron chi connectivity index (χ0n) is 9.88. The molecule has 1 aromatic heterocycles. The monoisotopic (exact) mass is 240 g/mol. The molecule has 2 N–H and O–H groups in total. The summed E-state index contributed by atoms with van der Waals surface area (Å²) in [7, 11) is 0. The predicted molar refractivity (Wildman–Crippen MR) is 59.3 cm³/mol. The van der Waals surface area contributed by atoms with Crippen molar-refractivity contribution in [3.05, 3.63) is 12.2 Å². The van der Waals surface area contributed by atoms with Crippen LogP contribution in [0.1, 0.15) is 26.1 Å². The van der Waals surface area contributed by atoms with Gasteiger partial charge < -0.3 is 10.4 Å². The standard InChI is InChI=1S/C10H16N4O3/c1-3-4-14-9(11-6-12-14)5-8(10(16)17)13-7(2)15/h6,8H,3-5H2,1-2H3,(H,13,15)(H,16,17). The van der Waals surface area contributed by atoms with E-state index in [-0.39, 0.29) is 12.3 Å². The van der Waals surface area contributed by atoms with Gasteiger partial charge in [0.05, 0.1) is 0 Å². The fourth-order valence-corrected chi connectivity index (χ4v) is 1.47. The Kier molecular flexibility index (Phi) is 4.62. The molecule has 0 saturated heterocycles. The lowest BCUT2D eigenvalue weighted by atomic mass is 10.2. The van der Waals surface area contributed by atoms with E-state index >= 15 is 0 Å². The van der Waals surface area contributed by atoms with Crippen molar-refractivity contribution >= 4 is 11.9 Å². The van der Waals surface area contributed by atoms with Crippen LogP contribution in [0.3, 0.4) is 0 Å². The molecule has 0 saturated carbocycles. The number of aryl methyl sites for hydroxylation is 1. The maximum atomic E-state index is 11.0. The summed E-state index contributed by atoms with van der Waals surface area (Å²) in [4.78, 5) is 25.8. The largest absolute Gasteiger partial charge is 0.480 e. The maximum Gasteiger partial charge on any atom is 0.326 e. The van der Waals surface area contributed by atoms with E-state index in [1.165, 1.54) is 13.3 Å². The molecule has 1 aromatic rings. The van der Waals surface area contributed by atoms with E-state index in [0.717, 1.165) is 6.42 Å². The third-order valence-electron chi connectivity index (χ3n) is 2.19. The lowest BCUT2D eigenvalue weighted by Gasteiger charge is -2.13. The lowest BCUT2D eigenvalue weighted by Crippen LogP contribution is -2.41. The van der Waals surface area contributed by atoms with Gasteiger partial charge in [-0.3, -0.25) is 9.48 Å². The fourth-order valence-electron chi connectivity index (χ4n) is 1.47. The number of carboxylic acids is 1. The molecule has 1 rings (SSSR count). The molecule has 1 heterocycles. The minimum atomic E-state index is -1.08. The van der Waals surface area contributed by atoms with Gasteiger partial charge in [0.15, 0.2) is 0 Å². The average Bonchev–Trinajstić information content (AvgIpc) is 2.64. The smallest absolute Gasteiger partial charge is 0.326 e. The van der Waals surface area contributed by atoms with Gasteiger partial charge in [-0.15, -0.1) is 0 Å². The molecule has 0 aromatic carbocycles. The van der Waals surface area contributed by atoms with Crippen molar-refractivity contribution in [3.63, 3.8) is 0 Å². The number of amides is 1. The minimum absolute atomic E-state index is 0.134. The van der Waals surface area contributed by atoms with E-state index in [0.29, 0.717) is 12.4 Å². The van der Waals surface area contributed by atoms with Crippen molar-refractivity contribution in [2.45, 2.75) is 39.3 Å². The van der Waals surface area contributed by atoms with E-state index in [4.69, 9.17) is 5.11 Å². The first kappa shape index (κ1) is 13.1. The number of carboxylic acid groups (broad SMARTS) is 1. The van der Waals surface area contributed by atoms with Gasteiger partial charge in [0.2, 0.25) is 5.91 Å². The molecule has 7 nitrogen and oxygen atoms in total. The number of carbonyl (C=O) groups excluding carboxylic acids is 1. The van der Waals surface area contributed by atoms with Crippen molar-refractivity contribution < 1.29 is 14.7 Å². The summed E-state index contributed by atoms with van der Waals surface area (Å²) < 4.78 is 1.65. The molecule has 0 aliphatic rings. The van der Waals surface area contributed by atoms with Crippen LogP contribution in [0.2, 0.25) is 0 Å². The highest BCUT2D eigenvalue weighted by molar-refractivity contribution is 5.82. The number of carbonyl (C=O) groups is 2.